The molecule has 1 N–H and O–H groups in total. The lowest BCUT2D eigenvalue weighted by molar-refractivity contribution is 0.0993. The van der Waals surface area contributed by atoms with Crippen molar-refractivity contribution < 1.29 is 13.9 Å². The van der Waals surface area contributed by atoms with Gasteiger partial charge < -0.3 is 9.15 Å². The number of nitrogens with zero attached hydrogens (tertiary/aromatic N) is 1. The van der Waals surface area contributed by atoms with Gasteiger partial charge in [-0.2, -0.15) is 0 Å². The van der Waals surface area contributed by atoms with Crippen molar-refractivity contribution in [2.45, 2.75) is 6.61 Å². The molecule has 0 atom stereocenters. The predicted molar refractivity (Wildman–Crippen MR) is 85.8 cm³/mol. The average molecular weight is 328 g/mol. The maximum atomic E-state index is 12.0. The Morgan fingerprint density at radius 3 is 2.83 bits per heavy atom. The van der Waals surface area contributed by atoms with Crippen LogP contribution in [-0.2, 0) is 6.61 Å². The quantitative estimate of drug-likeness (QED) is 0.779. The fraction of sp³-hybridized carbons (Fsp3) is 0.0625. The molecule has 6 nitrogen and oxygen atoms in total. The predicted octanol–water partition coefficient (Wildman–Crippen LogP) is 2.93. The topological polar surface area (TPSA) is 81.4 Å². The summed E-state index contributed by atoms with van der Waals surface area (Å²) in [6, 6.07) is 10.5. The van der Waals surface area contributed by atoms with Crippen molar-refractivity contribution in [3.8, 4) is 5.75 Å². The summed E-state index contributed by atoms with van der Waals surface area (Å²) in [5.74, 6) is -0.580. The SMILES string of the molecule is O=C(Nc1nccs1)c1cc(=O)c(OCc2ccccc2)co1. The van der Waals surface area contributed by atoms with Gasteiger partial charge in [-0.25, -0.2) is 4.98 Å². The zero-order valence-corrected chi connectivity index (χ0v) is 12.7. The molecule has 0 saturated carbocycles. The minimum absolute atomic E-state index is 0.0552. The molecule has 0 saturated heterocycles. The average Bonchev–Trinajstić information content (AvgIpc) is 3.07. The molecule has 3 rings (SSSR count). The van der Waals surface area contributed by atoms with E-state index in [1.165, 1.54) is 11.3 Å². The summed E-state index contributed by atoms with van der Waals surface area (Å²) in [6.07, 6.45) is 2.71. The molecular weight excluding hydrogens is 316 g/mol. The van der Waals surface area contributed by atoms with Crippen molar-refractivity contribution >= 4 is 22.4 Å². The highest BCUT2D eigenvalue weighted by Crippen LogP contribution is 2.13. The Labute approximate surface area is 135 Å². The molecular formula is C16H12N2O4S. The number of hydrogen-bond donors (Lipinski definition) is 1. The van der Waals surface area contributed by atoms with Crippen LogP contribution in [0.3, 0.4) is 0 Å². The third kappa shape index (κ3) is 3.83. The molecule has 0 spiro atoms. The standard InChI is InChI=1S/C16H12N2O4S/c19-12-8-13(15(20)18-16-17-6-7-23-16)22-10-14(12)21-9-11-4-2-1-3-5-11/h1-8,10H,9H2,(H,17,18,20). The van der Waals surface area contributed by atoms with E-state index in [1.54, 1.807) is 11.6 Å². The third-order valence-electron chi connectivity index (χ3n) is 2.91. The summed E-state index contributed by atoms with van der Waals surface area (Å²) in [5.41, 5.74) is 0.508. The molecule has 0 fully saturated rings. The molecule has 0 radical (unpaired) electrons. The number of rotatable bonds is 5. The molecule has 0 bridgehead atoms. The molecule has 23 heavy (non-hydrogen) atoms. The van der Waals surface area contributed by atoms with Gasteiger partial charge in [-0.05, 0) is 5.56 Å². The summed E-state index contributed by atoms with van der Waals surface area (Å²) in [6.45, 7) is 0.246. The van der Waals surface area contributed by atoms with E-state index in [1.807, 2.05) is 30.3 Å². The Balaban J connectivity index is 1.68. The number of carbonyl (C=O) groups excluding carboxylic acids is 1. The fourth-order valence-electron chi connectivity index (χ4n) is 1.80. The van der Waals surface area contributed by atoms with Crippen LogP contribution >= 0.6 is 11.3 Å². The van der Waals surface area contributed by atoms with Crippen molar-refractivity contribution in [2.75, 3.05) is 5.32 Å². The van der Waals surface area contributed by atoms with E-state index >= 15 is 0 Å². The second-order valence-corrected chi connectivity index (χ2v) is 5.43. The van der Waals surface area contributed by atoms with Crippen LogP contribution in [0, 0.1) is 0 Å². The van der Waals surface area contributed by atoms with Crippen molar-refractivity contribution in [2.24, 2.45) is 0 Å². The van der Waals surface area contributed by atoms with Crippen molar-refractivity contribution in [1.29, 1.82) is 0 Å². The van der Waals surface area contributed by atoms with Gasteiger partial charge in [0, 0.05) is 17.6 Å². The van der Waals surface area contributed by atoms with Crippen LogP contribution in [0.25, 0.3) is 0 Å². The zero-order valence-electron chi connectivity index (χ0n) is 11.9. The lowest BCUT2D eigenvalue weighted by Crippen LogP contribution is -2.15. The molecule has 2 aromatic heterocycles. The number of hydrogen-bond acceptors (Lipinski definition) is 6. The van der Waals surface area contributed by atoms with Gasteiger partial charge >= 0.3 is 0 Å². The highest BCUT2D eigenvalue weighted by molar-refractivity contribution is 7.13. The van der Waals surface area contributed by atoms with Crippen molar-refractivity contribution in [1.82, 2.24) is 4.98 Å². The van der Waals surface area contributed by atoms with E-state index in [4.69, 9.17) is 9.15 Å². The number of anilines is 1. The van der Waals surface area contributed by atoms with Gasteiger partial charge in [-0.3, -0.25) is 14.9 Å². The number of carbonyl (C=O) groups is 1. The van der Waals surface area contributed by atoms with Crippen LogP contribution in [0.2, 0.25) is 0 Å². The molecule has 116 valence electrons. The number of nitrogens with one attached hydrogen (secondary N) is 1. The van der Waals surface area contributed by atoms with E-state index in [-0.39, 0.29) is 18.1 Å². The highest BCUT2D eigenvalue weighted by Gasteiger charge is 2.13. The summed E-state index contributed by atoms with van der Waals surface area (Å²) in [4.78, 5) is 27.9. The second kappa shape index (κ2) is 6.89. The van der Waals surface area contributed by atoms with Crippen molar-refractivity contribution in [3.05, 3.63) is 75.8 Å². The fourth-order valence-corrected chi connectivity index (χ4v) is 2.33. The van der Waals surface area contributed by atoms with Gasteiger partial charge in [-0.1, -0.05) is 30.3 Å². The van der Waals surface area contributed by atoms with E-state index in [9.17, 15) is 9.59 Å². The second-order valence-electron chi connectivity index (χ2n) is 4.54. The molecule has 2 heterocycles. The summed E-state index contributed by atoms with van der Waals surface area (Å²) >= 11 is 1.27. The van der Waals surface area contributed by atoms with Crippen LogP contribution in [0.1, 0.15) is 16.1 Å². The first-order valence-electron chi connectivity index (χ1n) is 6.73. The van der Waals surface area contributed by atoms with Gasteiger partial charge in [0.25, 0.3) is 5.91 Å². The first-order chi connectivity index (χ1) is 11.2. The Morgan fingerprint density at radius 1 is 1.30 bits per heavy atom. The van der Waals surface area contributed by atoms with Crippen LogP contribution in [0.5, 0.6) is 5.75 Å². The van der Waals surface area contributed by atoms with E-state index in [2.05, 4.69) is 10.3 Å². The van der Waals surface area contributed by atoms with Crippen LogP contribution in [0.4, 0.5) is 5.13 Å². The van der Waals surface area contributed by atoms with Gasteiger partial charge in [0.05, 0.1) is 0 Å². The van der Waals surface area contributed by atoms with Crippen LogP contribution in [-0.4, -0.2) is 10.9 Å². The summed E-state index contributed by atoms with van der Waals surface area (Å²) in [5, 5.41) is 4.70. The minimum atomic E-state index is -0.536. The Bertz CT molecular complexity index is 844. The maximum Gasteiger partial charge on any atom is 0.293 e. The normalized spacial score (nSPS) is 10.3. The van der Waals surface area contributed by atoms with Gasteiger partial charge in [0.15, 0.2) is 10.9 Å². The van der Waals surface area contributed by atoms with Crippen LogP contribution < -0.4 is 15.5 Å². The monoisotopic (exact) mass is 328 g/mol. The number of thiazole rings is 1. The smallest absolute Gasteiger partial charge is 0.293 e. The minimum Gasteiger partial charge on any atom is -0.482 e. The van der Waals surface area contributed by atoms with Gasteiger partial charge in [-0.15, -0.1) is 11.3 Å². The Morgan fingerprint density at radius 2 is 2.13 bits per heavy atom. The Hall–Kier alpha value is -2.93. The summed E-state index contributed by atoms with van der Waals surface area (Å²) < 4.78 is 10.6. The highest BCUT2D eigenvalue weighted by atomic mass is 32.1. The number of amides is 1. The molecule has 1 amide bonds. The van der Waals surface area contributed by atoms with E-state index < -0.39 is 11.3 Å². The molecule has 0 unspecified atom stereocenters. The van der Waals surface area contributed by atoms with E-state index in [0.29, 0.717) is 5.13 Å². The van der Waals surface area contributed by atoms with Crippen molar-refractivity contribution in [3.63, 3.8) is 0 Å². The lowest BCUT2D eigenvalue weighted by atomic mass is 10.2. The van der Waals surface area contributed by atoms with Gasteiger partial charge in [0.2, 0.25) is 11.2 Å². The lowest BCUT2D eigenvalue weighted by Gasteiger charge is -2.06. The summed E-state index contributed by atoms with van der Waals surface area (Å²) in [7, 11) is 0. The zero-order chi connectivity index (χ0) is 16.1. The Kier molecular flexibility index (Phi) is 4.49. The first-order valence-corrected chi connectivity index (χ1v) is 7.61. The van der Waals surface area contributed by atoms with Crippen LogP contribution in [0.15, 0.2) is 63.4 Å². The number of benzene rings is 1. The number of aromatic nitrogens is 1. The molecule has 0 aliphatic heterocycles. The molecule has 7 heteroatoms. The molecule has 3 aromatic rings. The largest absolute Gasteiger partial charge is 0.482 e. The molecule has 1 aromatic carbocycles. The van der Waals surface area contributed by atoms with Gasteiger partial charge in [0.1, 0.15) is 12.9 Å². The molecule has 0 aliphatic carbocycles. The van der Waals surface area contributed by atoms with E-state index in [0.717, 1.165) is 17.9 Å². The number of ether oxygens (including phenoxy) is 1. The third-order valence-corrected chi connectivity index (χ3v) is 3.60. The maximum absolute atomic E-state index is 12.0. The first kappa shape index (κ1) is 15.0. The molecule has 0 aliphatic rings.